The quantitative estimate of drug-likeness (QED) is 0.325. The first-order valence-corrected chi connectivity index (χ1v) is 12.2. The molecule has 0 aliphatic carbocycles. The van der Waals surface area contributed by atoms with Crippen molar-refractivity contribution in [2.75, 3.05) is 13.2 Å². The molecule has 1 aliphatic rings. The summed E-state index contributed by atoms with van der Waals surface area (Å²) in [4.78, 5) is 23.8. The van der Waals surface area contributed by atoms with Crippen LogP contribution >= 0.6 is 11.6 Å². The Morgan fingerprint density at radius 3 is 2.47 bits per heavy atom. The molecule has 8 heteroatoms. The number of nitrogens with one attached hydrogen (secondary N) is 2. The number of benzene rings is 2. The van der Waals surface area contributed by atoms with Crippen molar-refractivity contribution in [3.05, 3.63) is 76.8 Å². The topological polar surface area (TPSA) is 89.1 Å². The van der Waals surface area contributed by atoms with E-state index in [-0.39, 0.29) is 5.91 Å². The normalized spacial score (nSPS) is 13.9. The smallest absolute Gasteiger partial charge is 0.301 e. The van der Waals surface area contributed by atoms with Crippen molar-refractivity contribution in [2.45, 2.75) is 32.7 Å². The van der Waals surface area contributed by atoms with Crippen LogP contribution in [-0.2, 0) is 15.1 Å². The predicted octanol–water partition coefficient (Wildman–Crippen LogP) is 6.25. The summed E-state index contributed by atoms with van der Waals surface area (Å²) in [5.41, 5.74) is 5.74. The number of pyridine rings is 1. The Balaban J connectivity index is 1.35. The Labute approximate surface area is 214 Å². The second-order valence-corrected chi connectivity index (χ2v) is 9.70. The fourth-order valence-corrected chi connectivity index (χ4v) is 4.60. The van der Waals surface area contributed by atoms with E-state index >= 15 is 0 Å². The van der Waals surface area contributed by atoms with Crippen molar-refractivity contribution in [2.24, 2.45) is 0 Å². The number of carbonyl (C=O) groups excluding carboxylic acids is 1. The monoisotopic (exact) mass is 502 g/mol. The Morgan fingerprint density at radius 1 is 1.08 bits per heavy atom. The summed E-state index contributed by atoms with van der Waals surface area (Å²) in [5.74, 6) is 0.529. The van der Waals surface area contributed by atoms with Gasteiger partial charge in [0, 0.05) is 12.5 Å². The highest BCUT2D eigenvalue weighted by Gasteiger charge is 2.21. The van der Waals surface area contributed by atoms with Crippen molar-refractivity contribution in [1.29, 1.82) is 0 Å². The fourth-order valence-electron chi connectivity index (χ4n) is 4.34. The number of imidazole rings is 1. The van der Waals surface area contributed by atoms with Gasteiger partial charge in [0.25, 0.3) is 0 Å². The summed E-state index contributed by atoms with van der Waals surface area (Å²) in [6.07, 6.45) is 3.04. The van der Waals surface area contributed by atoms with E-state index in [1.807, 2.05) is 56.3 Å². The molecule has 4 aromatic rings. The van der Waals surface area contributed by atoms with Crippen molar-refractivity contribution in [3.63, 3.8) is 0 Å². The molecule has 0 saturated heterocycles. The summed E-state index contributed by atoms with van der Waals surface area (Å²) in [7, 11) is 0. The average Bonchev–Trinajstić information content (AvgIpc) is 3.24. The Hall–Kier alpha value is -3.68. The van der Waals surface area contributed by atoms with Crippen LogP contribution in [0.2, 0.25) is 5.02 Å². The third kappa shape index (κ3) is 5.12. The van der Waals surface area contributed by atoms with Crippen molar-refractivity contribution >= 4 is 34.2 Å². The molecule has 0 atom stereocenters. The molecule has 0 saturated carbocycles. The van der Waals surface area contributed by atoms with Crippen LogP contribution < -0.4 is 10.1 Å². The maximum absolute atomic E-state index is 11.5. The largest absolute Gasteiger partial charge is 0.426 e. The lowest BCUT2D eigenvalue weighted by Gasteiger charge is -2.26. The average molecular weight is 503 g/mol. The number of aromatic nitrogens is 3. The Morgan fingerprint density at radius 2 is 1.81 bits per heavy atom. The number of H-pyrrole nitrogens is 1. The number of ether oxygens (including phenoxy) is 2. The lowest BCUT2D eigenvalue weighted by molar-refractivity contribution is -0.120. The molecule has 0 spiro atoms. The number of hydrogen-bond donors (Lipinski definition) is 2. The van der Waals surface area contributed by atoms with Crippen LogP contribution in [0, 0.1) is 0 Å². The molecule has 7 nitrogen and oxygen atoms in total. The zero-order chi connectivity index (χ0) is 25.3. The molecule has 0 radical (unpaired) electrons. The molecular formula is C28H27ClN4O3. The number of hydrogen-bond acceptors (Lipinski definition) is 5. The minimum atomic E-state index is -0.485. The molecule has 2 N–H and O–H groups in total. The molecule has 5 rings (SSSR count). The zero-order valence-corrected chi connectivity index (χ0v) is 21.1. The van der Waals surface area contributed by atoms with E-state index in [2.05, 4.69) is 33.5 Å². The Kier molecular flexibility index (Phi) is 6.51. The first kappa shape index (κ1) is 24.0. The third-order valence-corrected chi connectivity index (χ3v) is 6.46. The summed E-state index contributed by atoms with van der Waals surface area (Å²) in [5, 5.41) is 3.47. The highest BCUT2D eigenvalue weighted by molar-refractivity contribution is 6.33. The van der Waals surface area contributed by atoms with Crippen LogP contribution in [0.4, 0.5) is 0 Å². The maximum Gasteiger partial charge on any atom is 0.301 e. The molecular weight excluding hydrogens is 476 g/mol. The highest BCUT2D eigenvalue weighted by Crippen LogP contribution is 2.32. The minimum absolute atomic E-state index is 0.0826. The van der Waals surface area contributed by atoms with Crippen LogP contribution in [0.15, 0.2) is 60.7 Å². The lowest BCUT2D eigenvalue weighted by atomic mass is 9.94. The molecule has 2 aromatic carbocycles. The molecule has 184 valence electrons. The van der Waals surface area contributed by atoms with E-state index in [4.69, 9.17) is 26.1 Å². The first-order chi connectivity index (χ1) is 17.3. The van der Waals surface area contributed by atoms with Gasteiger partial charge < -0.3 is 19.8 Å². The van der Waals surface area contributed by atoms with Gasteiger partial charge in [-0.2, -0.15) is 4.98 Å². The second kappa shape index (κ2) is 9.76. The van der Waals surface area contributed by atoms with Crippen LogP contribution in [-0.4, -0.2) is 34.1 Å². The second-order valence-electron chi connectivity index (χ2n) is 9.30. The summed E-state index contributed by atoms with van der Waals surface area (Å²) in [6.45, 7) is 6.82. The Bertz CT molecular complexity index is 1440. The van der Waals surface area contributed by atoms with Crippen LogP contribution in [0.25, 0.3) is 28.0 Å². The SMILES string of the molecule is CC(=O)NC(C)(C)c1ccc(Oc2nc3nc(-c4ccc(C5=CCOCC5)cc4)c(Cl)cc3[nH]2)cc1. The summed E-state index contributed by atoms with van der Waals surface area (Å²) in [6, 6.07) is 17.9. The first-order valence-electron chi connectivity index (χ1n) is 11.8. The van der Waals surface area contributed by atoms with E-state index in [0.29, 0.717) is 40.2 Å². The van der Waals surface area contributed by atoms with Gasteiger partial charge in [-0.1, -0.05) is 54.1 Å². The lowest BCUT2D eigenvalue weighted by Crippen LogP contribution is -2.39. The number of fused-ring (bicyclic) bond motifs is 1. The number of carbonyl (C=O) groups is 1. The third-order valence-electron chi connectivity index (χ3n) is 6.18. The molecule has 2 aromatic heterocycles. The van der Waals surface area contributed by atoms with E-state index in [9.17, 15) is 4.79 Å². The molecule has 0 bridgehead atoms. The molecule has 0 fully saturated rings. The van der Waals surface area contributed by atoms with Crippen molar-refractivity contribution < 1.29 is 14.3 Å². The van der Waals surface area contributed by atoms with Gasteiger partial charge in [0.15, 0.2) is 5.65 Å². The van der Waals surface area contributed by atoms with Gasteiger partial charge in [-0.3, -0.25) is 4.79 Å². The molecule has 0 unspecified atom stereocenters. The molecule has 3 heterocycles. The summed E-state index contributed by atoms with van der Waals surface area (Å²) >= 11 is 6.58. The summed E-state index contributed by atoms with van der Waals surface area (Å²) < 4.78 is 11.3. The van der Waals surface area contributed by atoms with Gasteiger partial charge in [0.05, 0.1) is 35.0 Å². The number of amides is 1. The van der Waals surface area contributed by atoms with Gasteiger partial charge in [-0.25, -0.2) is 4.98 Å². The minimum Gasteiger partial charge on any atom is -0.426 e. The maximum atomic E-state index is 11.5. The van der Waals surface area contributed by atoms with Gasteiger partial charge in [0.2, 0.25) is 5.91 Å². The van der Waals surface area contributed by atoms with Gasteiger partial charge >= 0.3 is 6.01 Å². The highest BCUT2D eigenvalue weighted by atomic mass is 35.5. The van der Waals surface area contributed by atoms with Crippen LogP contribution in [0.3, 0.4) is 0 Å². The number of nitrogens with zero attached hydrogens (tertiary/aromatic N) is 2. The van der Waals surface area contributed by atoms with Crippen molar-refractivity contribution in [1.82, 2.24) is 20.3 Å². The van der Waals surface area contributed by atoms with Crippen LogP contribution in [0.5, 0.6) is 11.8 Å². The molecule has 1 aliphatic heterocycles. The number of rotatable bonds is 6. The predicted molar refractivity (Wildman–Crippen MR) is 141 cm³/mol. The van der Waals surface area contributed by atoms with Gasteiger partial charge in [-0.05, 0) is 55.2 Å². The molecule has 1 amide bonds. The van der Waals surface area contributed by atoms with Crippen LogP contribution in [0.1, 0.15) is 38.3 Å². The zero-order valence-electron chi connectivity index (χ0n) is 20.4. The van der Waals surface area contributed by atoms with E-state index in [1.54, 1.807) is 0 Å². The fraction of sp³-hybridized carbons (Fsp3) is 0.250. The number of halogens is 1. The van der Waals surface area contributed by atoms with Gasteiger partial charge in [0.1, 0.15) is 5.75 Å². The number of aromatic amines is 1. The molecule has 36 heavy (non-hydrogen) atoms. The van der Waals surface area contributed by atoms with E-state index < -0.39 is 5.54 Å². The standard InChI is InChI=1S/C28H27ClN4O3/c1-17(34)33-28(2,3)21-8-10-22(11-9-21)36-27-30-24-16-23(29)25(31-26(24)32-27)20-6-4-18(5-7-20)19-12-14-35-15-13-19/h4-12,16H,13-15H2,1-3H3,(H,33,34)(H,30,31,32). The van der Waals surface area contributed by atoms with E-state index in [1.165, 1.54) is 18.1 Å². The van der Waals surface area contributed by atoms with Crippen molar-refractivity contribution in [3.8, 4) is 23.0 Å². The van der Waals surface area contributed by atoms with Gasteiger partial charge in [-0.15, -0.1) is 0 Å². The van der Waals surface area contributed by atoms with E-state index in [0.717, 1.165) is 24.2 Å².